The van der Waals surface area contributed by atoms with Crippen molar-refractivity contribution >= 4 is 0 Å². The molecule has 0 unspecified atom stereocenters. The van der Waals surface area contributed by atoms with Crippen LogP contribution in [0.2, 0.25) is 0 Å². The Kier molecular flexibility index (Phi) is 6.02. The van der Waals surface area contributed by atoms with Crippen LogP contribution in [-0.2, 0) is 17.8 Å². The lowest BCUT2D eigenvalue weighted by atomic mass is 10.1. The van der Waals surface area contributed by atoms with Gasteiger partial charge in [0.2, 0.25) is 0 Å². The fourth-order valence-electron chi connectivity index (χ4n) is 1.67. The van der Waals surface area contributed by atoms with Gasteiger partial charge in [0, 0.05) is 5.54 Å². The highest BCUT2D eigenvalue weighted by Gasteiger charge is 2.27. The first-order valence-electron chi connectivity index (χ1n) is 6.63. The highest BCUT2D eigenvalue weighted by atomic mass is 19.4. The van der Waals surface area contributed by atoms with Gasteiger partial charge in [-0.2, -0.15) is 13.2 Å². The molecule has 0 aliphatic rings. The average Bonchev–Trinajstić information content (AvgIpc) is 2.28. The molecule has 0 aliphatic carbocycles. The van der Waals surface area contributed by atoms with E-state index in [0.29, 0.717) is 0 Å². The Hall–Kier alpha value is -1.07. The van der Waals surface area contributed by atoms with Crippen LogP contribution in [0.4, 0.5) is 13.2 Å². The Morgan fingerprint density at radius 1 is 1.00 bits per heavy atom. The lowest BCUT2D eigenvalue weighted by Gasteiger charge is -2.20. The fraction of sp³-hybridized carbons (Fsp3) is 0.600. The summed E-state index contributed by atoms with van der Waals surface area (Å²) in [6.07, 6.45) is -3.38. The van der Waals surface area contributed by atoms with E-state index in [0.717, 1.165) is 24.1 Å². The van der Waals surface area contributed by atoms with E-state index in [2.05, 4.69) is 30.8 Å². The van der Waals surface area contributed by atoms with Crippen LogP contribution < -0.4 is 5.32 Å². The third-order valence-corrected chi connectivity index (χ3v) is 2.63. The molecule has 0 heterocycles. The van der Waals surface area contributed by atoms with Gasteiger partial charge in [0.15, 0.2) is 0 Å². The van der Waals surface area contributed by atoms with Crippen LogP contribution in [0.25, 0.3) is 0 Å². The molecule has 0 atom stereocenters. The van der Waals surface area contributed by atoms with E-state index in [1.807, 2.05) is 24.3 Å². The predicted molar refractivity (Wildman–Crippen MR) is 73.6 cm³/mol. The standard InChI is InChI=1S/C15H22F3NO/c1-14(2,3)19-9-8-12-4-6-13(7-5-12)10-20-11-15(16,17)18/h4-7,19H,8-11H2,1-3H3. The van der Waals surface area contributed by atoms with Crippen LogP contribution in [0.1, 0.15) is 31.9 Å². The predicted octanol–water partition coefficient (Wildman–Crippen LogP) is 3.70. The van der Waals surface area contributed by atoms with Gasteiger partial charge in [-0.3, -0.25) is 0 Å². The van der Waals surface area contributed by atoms with Crippen LogP contribution in [-0.4, -0.2) is 24.9 Å². The lowest BCUT2D eigenvalue weighted by Crippen LogP contribution is -2.37. The molecule has 0 aliphatic heterocycles. The number of benzene rings is 1. The second-order valence-electron chi connectivity index (χ2n) is 5.85. The van der Waals surface area contributed by atoms with Gasteiger partial charge in [-0.1, -0.05) is 24.3 Å². The molecule has 20 heavy (non-hydrogen) atoms. The minimum atomic E-state index is -4.27. The first-order valence-corrected chi connectivity index (χ1v) is 6.63. The third kappa shape index (κ3) is 8.17. The Bertz CT molecular complexity index is 354. The number of nitrogens with one attached hydrogen (secondary N) is 1. The minimum Gasteiger partial charge on any atom is -0.367 e. The molecule has 0 amide bonds. The maximum absolute atomic E-state index is 11.9. The van der Waals surface area contributed by atoms with Crippen LogP contribution in [0.15, 0.2) is 24.3 Å². The number of rotatable bonds is 6. The van der Waals surface area contributed by atoms with E-state index < -0.39 is 12.8 Å². The second-order valence-corrected chi connectivity index (χ2v) is 5.85. The highest BCUT2D eigenvalue weighted by Crippen LogP contribution is 2.15. The maximum Gasteiger partial charge on any atom is 0.411 e. The molecule has 0 aromatic heterocycles. The first-order chi connectivity index (χ1) is 9.16. The summed E-state index contributed by atoms with van der Waals surface area (Å²) in [5, 5.41) is 3.39. The summed E-state index contributed by atoms with van der Waals surface area (Å²) in [4.78, 5) is 0. The summed E-state index contributed by atoms with van der Waals surface area (Å²) in [6.45, 7) is 5.97. The molecule has 0 bridgehead atoms. The van der Waals surface area contributed by atoms with E-state index in [9.17, 15) is 13.2 Å². The molecule has 1 aromatic carbocycles. The minimum absolute atomic E-state index is 0.0139. The number of hydrogen-bond acceptors (Lipinski definition) is 2. The maximum atomic E-state index is 11.9. The summed E-state index contributed by atoms with van der Waals surface area (Å²) < 4.78 is 40.4. The van der Waals surface area contributed by atoms with Crippen LogP contribution in [0, 0.1) is 0 Å². The summed E-state index contributed by atoms with van der Waals surface area (Å²) >= 11 is 0. The third-order valence-electron chi connectivity index (χ3n) is 2.63. The Balaban J connectivity index is 2.33. The van der Waals surface area contributed by atoms with Gasteiger partial charge in [-0.25, -0.2) is 0 Å². The molecule has 1 N–H and O–H groups in total. The van der Waals surface area contributed by atoms with Crippen molar-refractivity contribution in [2.75, 3.05) is 13.2 Å². The molecule has 0 radical (unpaired) electrons. The number of hydrogen-bond donors (Lipinski definition) is 1. The summed E-state index contributed by atoms with van der Waals surface area (Å²) in [7, 11) is 0. The van der Waals surface area contributed by atoms with Gasteiger partial charge < -0.3 is 10.1 Å². The number of alkyl halides is 3. The normalized spacial score (nSPS) is 12.7. The van der Waals surface area contributed by atoms with Gasteiger partial charge in [-0.15, -0.1) is 0 Å². The second kappa shape index (κ2) is 7.09. The molecule has 2 nitrogen and oxygen atoms in total. The van der Waals surface area contributed by atoms with Gasteiger partial charge in [-0.05, 0) is 44.9 Å². The van der Waals surface area contributed by atoms with Gasteiger partial charge in [0.05, 0.1) is 6.61 Å². The quantitative estimate of drug-likeness (QED) is 0.862. The molecule has 0 saturated carbocycles. The SMILES string of the molecule is CC(C)(C)NCCc1ccc(COCC(F)(F)F)cc1. The first kappa shape index (κ1) is 17.0. The van der Waals surface area contributed by atoms with Gasteiger partial charge in [0.25, 0.3) is 0 Å². The van der Waals surface area contributed by atoms with Crippen LogP contribution in [0.5, 0.6) is 0 Å². The Morgan fingerprint density at radius 3 is 2.05 bits per heavy atom. The Labute approximate surface area is 118 Å². The van der Waals surface area contributed by atoms with E-state index in [1.54, 1.807) is 0 Å². The molecule has 0 saturated heterocycles. The molecule has 5 heteroatoms. The smallest absolute Gasteiger partial charge is 0.367 e. The van der Waals surface area contributed by atoms with Crippen molar-refractivity contribution in [2.45, 2.75) is 45.5 Å². The van der Waals surface area contributed by atoms with Crippen molar-refractivity contribution in [3.8, 4) is 0 Å². The molecular weight excluding hydrogens is 267 g/mol. The topological polar surface area (TPSA) is 21.3 Å². The summed E-state index contributed by atoms with van der Waals surface area (Å²) in [6, 6.07) is 7.47. The fourth-order valence-corrected chi connectivity index (χ4v) is 1.67. The van der Waals surface area contributed by atoms with E-state index in [-0.39, 0.29) is 12.1 Å². The van der Waals surface area contributed by atoms with Crippen molar-refractivity contribution in [3.05, 3.63) is 35.4 Å². The monoisotopic (exact) mass is 289 g/mol. The van der Waals surface area contributed by atoms with Crippen molar-refractivity contribution < 1.29 is 17.9 Å². The lowest BCUT2D eigenvalue weighted by molar-refractivity contribution is -0.176. The van der Waals surface area contributed by atoms with E-state index >= 15 is 0 Å². The largest absolute Gasteiger partial charge is 0.411 e. The molecule has 0 fully saturated rings. The van der Waals surface area contributed by atoms with Crippen molar-refractivity contribution in [3.63, 3.8) is 0 Å². The van der Waals surface area contributed by atoms with Crippen molar-refractivity contribution in [1.29, 1.82) is 0 Å². The van der Waals surface area contributed by atoms with Crippen molar-refractivity contribution in [2.24, 2.45) is 0 Å². The molecule has 114 valence electrons. The van der Waals surface area contributed by atoms with Crippen molar-refractivity contribution in [1.82, 2.24) is 5.32 Å². The molecular formula is C15H22F3NO. The zero-order valence-corrected chi connectivity index (χ0v) is 12.2. The Morgan fingerprint density at radius 2 is 1.55 bits per heavy atom. The molecule has 1 rings (SSSR count). The summed E-state index contributed by atoms with van der Waals surface area (Å²) in [5.74, 6) is 0. The molecule has 0 spiro atoms. The zero-order valence-electron chi connectivity index (χ0n) is 12.2. The highest BCUT2D eigenvalue weighted by molar-refractivity contribution is 5.22. The number of halogens is 3. The van der Waals surface area contributed by atoms with Gasteiger partial charge >= 0.3 is 6.18 Å². The van der Waals surface area contributed by atoms with Gasteiger partial charge in [0.1, 0.15) is 6.61 Å². The molecule has 1 aromatic rings. The van der Waals surface area contributed by atoms with E-state index in [4.69, 9.17) is 0 Å². The summed E-state index contributed by atoms with van der Waals surface area (Å²) in [5.41, 5.74) is 1.99. The van der Waals surface area contributed by atoms with E-state index in [1.165, 1.54) is 0 Å². The van der Waals surface area contributed by atoms with Crippen LogP contribution >= 0.6 is 0 Å². The number of ether oxygens (including phenoxy) is 1. The average molecular weight is 289 g/mol. The van der Waals surface area contributed by atoms with Crippen LogP contribution in [0.3, 0.4) is 0 Å². The zero-order chi connectivity index (χ0) is 15.2.